The van der Waals surface area contributed by atoms with Crippen LogP contribution in [0.5, 0.6) is 0 Å². The van der Waals surface area contributed by atoms with Crippen LogP contribution >= 0.6 is 0 Å². The Labute approximate surface area is 125 Å². The first-order valence-electron chi connectivity index (χ1n) is 7.52. The zero-order chi connectivity index (χ0) is 16.4. The molecule has 21 heavy (non-hydrogen) atoms. The van der Waals surface area contributed by atoms with E-state index in [1.54, 1.807) is 0 Å². The summed E-state index contributed by atoms with van der Waals surface area (Å²) in [6, 6.07) is 0. The quantitative estimate of drug-likeness (QED) is 0.329. The molecule has 126 valence electrons. The smallest absolute Gasteiger partial charge is 0.254 e. The van der Waals surface area contributed by atoms with E-state index >= 15 is 0 Å². The molecule has 0 rings (SSSR count). The highest BCUT2D eigenvalue weighted by molar-refractivity contribution is 5.81. The lowest BCUT2D eigenvalue weighted by atomic mass is 10.0. The summed E-state index contributed by atoms with van der Waals surface area (Å²) < 4.78 is 0. The van der Waals surface area contributed by atoms with Crippen molar-refractivity contribution in [1.29, 1.82) is 0 Å². The number of unbranched alkanes of at least 4 members (excludes halogenated alkanes) is 2. The van der Waals surface area contributed by atoms with Gasteiger partial charge in [-0.05, 0) is 12.8 Å². The van der Waals surface area contributed by atoms with Crippen molar-refractivity contribution in [3.05, 3.63) is 0 Å². The van der Waals surface area contributed by atoms with Crippen LogP contribution in [0.2, 0.25) is 0 Å². The zero-order valence-electron chi connectivity index (χ0n) is 12.9. The molecular formula is C14H29NO6. The Bertz CT molecular complexity index is 281. The minimum Gasteiger partial charge on any atom is -0.394 e. The van der Waals surface area contributed by atoms with Crippen molar-refractivity contribution in [2.45, 2.75) is 63.9 Å². The number of nitrogens with zero attached hydrogens (tertiary/aromatic N) is 1. The van der Waals surface area contributed by atoms with Gasteiger partial charge in [-0.3, -0.25) is 4.79 Å². The van der Waals surface area contributed by atoms with Crippen LogP contribution in [0, 0.1) is 0 Å². The van der Waals surface area contributed by atoms with Crippen molar-refractivity contribution in [2.75, 3.05) is 19.7 Å². The Kier molecular flexibility index (Phi) is 10.5. The molecule has 0 aromatic rings. The van der Waals surface area contributed by atoms with Crippen LogP contribution in [-0.2, 0) is 4.79 Å². The first-order valence-corrected chi connectivity index (χ1v) is 7.52. The zero-order valence-corrected chi connectivity index (χ0v) is 12.9. The predicted molar refractivity (Wildman–Crippen MR) is 77.5 cm³/mol. The van der Waals surface area contributed by atoms with Gasteiger partial charge in [0, 0.05) is 13.1 Å². The van der Waals surface area contributed by atoms with Gasteiger partial charge in [-0.2, -0.15) is 0 Å². The molecule has 0 aliphatic carbocycles. The summed E-state index contributed by atoms with van der Waals surface area (Å²) >= 11 is 0. The molecule has 0 saturated heterocycles. The van der Waals surface area contributed by atoms with E-state index < -0.39 is 36.9 Å². The Morgan fingerprint density at radius 2 is 1.43 bits per heavy atom. The molecule has 7 heteroatoms. The van der Waals surface area contributed by atoms with E-state index in [1.165, 1.54) is 4.90 Å². The Morgan fingerprint density at radius 3 is 1.81 bits per heavy atom. The highest BCUT2D eigenvalue weighted by Crippen LogP contribution is 2.10. The van der Waals surface area contributed by atoms with Gasteiger partial charge in [-0.25, -0.2) is 0 Å². The number of amides is 1. The van der Waals surface area contributed by atoms with Gasteiger partial charge in [-0.1, -0.05) is 26.7 Å². The average Bonchev–Trinajstić information content (AvgIpc) is 2.51. The lowest BCUT2D eigenvalue weighted by Crippen LogP contribution is -2.52. The van der Waals surface area contributed by atoms with Crippen LogP contribution in [0.25, 0.3) is 0 Å². The fraction of sp³-hybridized carbons (Fsp3) is 0.929. The molecule has 0 saturated carbocycles. The number of carbonyl (C=O) groups excluding carboxylic acids is 1. The highest BCUT2D eigenvalue weighted by atomic mass is 16.4. The van der Waals surface area contributed by atoms with Gasteiger partial charge in [0.05, 0.1) is 6.61 Å². The third kappa shape index (κ3) is 6.71. The first kappa shape index (κ1) is 20.3. The maximum absolute atomic E-state index is 12.2. The standard InChI is InChI=1S/C14H29NO6/c1-3-5-7-15(8-6-4-2)14(21)13(20)12(19)11(18)10(17)9-16/h10-13,16-20H,3-9H2,1-2H3. The van der Waals surface area contributed by atoms with Gasteiger partial charge in [0.2, 0.25) is 0 Å². The third-order valence-electron chi connectivity index (χ3n) is 3.38. The molecule has 4 unspecified atom stereocenters. The molecule has 0 heterocycles. The van der Waals surface area contributed by atoms with E-state index in [4.69, 9.17) is 5.11 Å². The number of hydrogen-bond donors (Lipinski definition) is 5. The summed E-state index contributed by atoms with van der Waals surface area (Å²) in [4.78, 5) is 13.6. The number of aliphatic hydroxyl groups excluding tert-OH is 5. The maximum atomic E-state index is 12.2. The van der Waals surface area contributed by atoms with Gasteiger partial charge < -0.3 is 30.4 Å². The van der Waals surface area contributed by atoms with Crippen molar-refractivity contribution in [3.8, 4) is 0 Å². The second-order valence-electron chi connectivity index (χ2n) is 5.21. The van der Waals surface area contributed by atoms with Gasteiger partial charge in [-0.15, -0.1) is 0 Å². The molecule has 0 radical (unpaired) electrons. The van der Waals surface area contributed by atoms with Crippen LogP contribution in [0.1, 0.15) is 39.5 Å². The van der Waals surface area contributed by atoms with Crippen LogP contribution < -0.4 is 0 Å². The Morgan fingerprint density at radius 1 is 0.952 bits per heavy atom. The van der Waals surface area contributed by atoms with E-state index in [9.17, 15) is 25.2 Å². The molecule has 0 aliphatic rings. The van der Waals surface area contributed by atoms with E-state index in [2.05, 4.69) is 0 Å². The normalized spacial score (nSPS) is 17.1. The van der Waals surface area contributed by atoms with E-state index in [0.29, 0.717) is 13.1 Å². The topological polar surface area (TPSA) is 121 Å². The van der Waals surface area contributed by atoms with E-state index in [-0.39, 0.29) is 0 Å². The summed E-state index contributed by atoms with van der Waals surface area (Å²) in [5.74, 6) is -0.673. The van der Waals surface area contributed by atoms with Gasteiger partial charge in [0.25, 0.3) is 5.91 Å². The van der Waals surface area contributed by atoms with Crippen molar-refractivity contribution < 1.29 is 30.3 Å². The van der Waals surface area contributed by atoms with Crippen LogP contribution in [0.15, 0.2) is 0 Å². The second kappa shape index (κ2) is 10.9. The molecule has 0 fully saturated rings. The molecule has 0 spiro atoms. The van der Waals surface area contributed by atoms with Crippen molar-refractivity contribution in [1.82, 2.24) is 4.90 Å². The molecule has 1 amide bonds. The maximum Gasteiger partial charge on any atom is 0.254 e. The summed E-state index contributed by atoms with van der Waals surface area (Å²) in [7, 11) is 0. The number of rotatable bonds is 11. The molecule has 5 N–H and O–H groups in total. The summed E-state index contributed by atoms with van der Waals surface area (Å²) in [5.41, 5.74) is 0. The summed E-state index contributed by atoms with van der Waals surface area (Å²) in [6.07, 6.45) is -3.73. The average molecular weight is 307 g/mol. The molecular weight excluding hydrogens is 278 g/mol. The number of carbonyl (C=O) groups is 1. The fourth-order valence-corrected chi connectivity index (χ4v) is 1.89. The Hall–Kier alpha value is -0.730. The van der Waals surface area contributed by atoms with Crippen molar-refractivity contribution in [3.63, 3.8) is 0 Å². The fourth-order valence-electron chi connectivity index (χ4n) is 1.89. The monoisotopic (exact) mass is 307 g/mol. The molecule has 4 atom stereocenters. The summed E-state index contributed by atoms with van der Waals surface area (Å²) in [6.45, 7) is 4.13. The largest absolute Gasteiger partial charge is 0.394 e. The van der Waals surface area contributed by atoms with Crippen LogP contribution in [0.3, 0.4) is 0 Å². The summed E-state index contributed by atoms with van der Waals surface area (Å²) in [5, 5.41) is 47.1. The first-order chi connectivity index (χ1) is 9.90. The lowest BCUT2D eigenvalue weighted by molar-refractivity contribution is -0.158. The third-order valence-corrected chi connectivity index (χ3v) is 3.38. The molecule has 0 aromatic carbocycles. The minimum absolute atomic E-state index is 0.470. The predicted octanol–water partition coefficient (Wildman–Crippen LogP) is -1.15. The minimum atomic E-state index is -1.84. The van der Waals surface area contributed by atoms with E-state index in [1.807, 2.05) is 13.8 Å². The van der Waals surface area contributed by atoms with Gasteiger partial charge >= 0.3 is 0 Å². The highest BCUT2D eigenvalue weighted by Gasteiger charge is 2.35. The van der Waals surface area contributed by atoms with E-state index in [0.717, 1.165) is 25.7 Å². The van der Waals surface area contributed by atoms with Crippen LogP contribution in [0.4, 0.5) is 0 Å². The van der Waals surface area contributed by atoms with Crippen molar-refractivity contribution >= 4 is 5.91 Å². The SMILES string of the molecule is CCCCN(CCCC)C(=O)C(O)C(O)C(O)C(O)CO. The molecule has 0 aromatic heterocycles. The number of aliphatic hydroxyl groups is 5. The van der Waals surface area contributed by atoms with Crippen molar-refractivity contribution in [2.24, 2.45) is 0 Å². The molecule has 7 nitrogen and oxygen atoms in total. The second-order valence-corrected chi connectivity index (χ2v) is 5.21. The molecule has 0 bridgehead atoms. The number of hydrogen-bond acceptors (Lipinski definition) is 6. The lowest BCUT2D eigenvalue weighted by Gasteiger charge is -2.30. The molecule has 0 aliphatic heterocycles. The van der Waals surface area contributed by atoms with Gasteiger partial charge in [0.15, 0.2) is 6.10 Å². The van der Waals surface area contributed by atoms with Gasteiger partial charge in [0.1, 0.15) is 18.3 Å². The Balaban J connectivity index is 4.72. The van der Waals surface area contributed by atoms with Crippen LogP contribution in [-0.4, -0.2) is 80.5 Å².